The fourth-order valence-electron chi connectivity index (χ4n) is 5.96. The molecule has 30 heavy (non-hydrogen) atoms. The van der Waals surface area contributed by atoms with Crippen LogP contribution < -0.4 is 4.74 Å². The molecule has 2 aliphatic carbocycles. The third-order valence-electron chi connectivity index (χ3n) is 7.99. The molecule has 0 spiro atoms. The van der Waals surface area contributed by atoms with E-state index in [2.05, 4.69) is 39.0 Å². The Morgan fingerprint density at radius 3 is 2.10 bits per heavy atom. The third kappa shape index (κ3) is 7.03. The number of hydrogen-bond acceptors (Lipinski definition) is 1. The first kappa shape index (κ1) is 23.7. The summed E-state index contributed by atoms with van der Waals surface area (Å²) in [6, 6.07) is 7.15. The van der Waals surface area contributed by atoms with Gasteiger partial charge in [0.25, 0.3) is 0 Å². The molecule has 0 bridgehead atoms. The van der Waals surface area contributed by atoms with Crippen molar-refractivity contribution in [1.29, 1.82) is 0 Å². The molecule has 1 aromatic rings. The molecule has 1 aromatic carbocycles. The maximum Gasteiger partial charge on any atom is 0.119 e. The van der Waals surface area contributed by atoms with Gasteiger partial charge in [-0.1, -0.05) is 78.2 Å². The summed E-state index contributed by atoms with van der Waals surface area (Å²) in [5.74, 6) is 4.57. The third-order valence-corrected chi connectivity index (χ3v) is 7.99. The largest absolute Gasteiger partial charge is 0.494 e. The Morgan fingerprint density at radius 2 is 1.40 bits per heavy atom. The lowest BCUT2D eigenvalue weighted by atomic mass is 9.72. The number of unbranched alkanes of at least 4 members (excludes halogenated alkanes) is 4. The van der Waals surface area contributed by atoms with Crippen LogP contribution in [0.15, 0.2) is 18.2 Å². The van der Waals surface area contributed by atoms with Crippen molar-refractivity contribution in [3.8, 4) is 5.75 Å². The Balaban J connectivity index is 1.61. The van der Waals surface area contributed by atoms with E-state index >= 15 is 0 Å². The molecule has 1 nitrogen and oxygen atoms in total. The highest BCUT2D eigenvalue weighted by Crippen LogP contribution is 2.44. The van der Waals surface area contributed by atoms with Gasteiger partial charge in [-0.15, -0.1) is 0 Å². The highest BCUT2D eigenvalue weighted by molar-refractivity contribution is 5.40. The zero-order valence-electron chi connectivity index (χ0n) is 20.3. The lowest BCUT2D eigenvalue weighted by molar-refractivity contribution is 0.295. The van der Waals surface area contributed by atoms with Gasteiger partial charge in [-0.05, 0) is 91.9 Å². The van der Waals surface area contributed by atoms with Gasteiger partial charge < -0.3 is 4.74 Å². The van der Waals surface area contributed by atoms with Crippen molar-refractivity contribution >= 4 is 0 Å². The van der Waals surface area contributed by atoms with E-state index in [1.807, 2.05) is 0 Å². The summed E-state index contributed by atoms with van der Waals surface area (Å²) in [4.78, 5) is 0. The van der Waals surface area contributed by atoms with Gasteiger partial charge in [0, 0.05) is 0 Å². The molecule has 2 aliphatic rings. The van der Waals surface area contributed by atoms with Crippen LogP contribution in [-0.4, -0.2) is 6.61 Å². The van der Waals surface area contributed by atoms with Crippen LogP contribution in [0.25, 0.3) is 0 Å². The minimum atomic E-state index is 0.765. The minimum Gasteiger partial charge on any atom is -0.494 e. The Labute approximate surface area is 187 Å². The van der Waals surface area contributed by atoms with Gasteiger partial charge in [0.1, 0.15) is 5.75 Å². The van der Waals surface area contributed by atoms with E-state index < -0.39 is 0 Å². The molecule has 0 amide bonds. The van der Waals surface area contributed by atoms with Crippen LogP contribution in [0.3, 0.4) is 0 Å². The maximum absolute atomic E-state index is 6.05. The van der Waals surface area contributed by atoms with Crippen molar-refractivity contribution in [2.45, 2.75) is 129 Å². The summed E-state index contributed by atoms with van der Waals surface area (Å²) < 4.78 is 6.05. The van der Waals surface area contributed by atoms with E-state index in [1.54, 1.807) is 11.1 Å². The summed E-state index contributed by atoms with van der Waals surface area (Å²) in [6.45, 7) is 7.78. The van der Waals surface area contributed by atoms with Gasteiger partial charge in [0.15, 0.2) is 0 Å². The molecule has 170 valence electrons. The number of hydrogen-bond donors (Lipinski definition) is 0. The van der Waals surface area contributed by atoms with Crippen LogP contribution in [0, 0.1) is 11.8 Å². The van der Waals surface area contributed by atoms with Gasteiger partial charge in [-0.2, -0.15) is 0 Å². The molecule has 0 saturated heterocycles. The van der Waals surface area contributed by atoms with Gasteiger partial charge in [-0.25, -0.2) is 0 Å². The monoisotopic (exact) mass is 412 g/mol. The van der Waals surface area contributed by atoms with Crippen molar-refractivity contribution in [3.63, 3.8) is 0 Å². The minimum absolute atomic E-state index is 0.765. The summed E-state index contributed by atoms with van der Waals surface area (Å²) in [5.41, 5.74) is 3.33. The quantitative estimate of drug-likeness (QED) is 0.329. The van der Waals surface area contributed by atoms with E-state index in [0.29, 0.717) is 0 Å². The molecule has 2 fully saturated rings. The molecule has 0 radical (unpaired) electrons. The molecule has 2 saturated carbocycles. The van der Waals surface area contributed by atoms with Crippen LogP contribution in [0.2, 0.25) is 0 Å². The molecule has 0 aromatic heterocycles. The zero-order valence-corrected chi connectivity index (χ0v) is 20.3. The molecule has 0 heterocycles. The predicted octanol–water partition coefficient (Wildman–Crippen LogP) is 9.40. The summed E-state index contributed by atoms with van der Waals surface area (Å²) in [6.07, 6.45) is 21.0. The van der Waals surface area contributed by atoms with Crippen molar-refractivity contribution in [2.75, 3.05) is 6.61 Å². The van der Waals surface area contributed by atoms with E-state index in [9.17, 15) is 0 Å². The van der Waals surface area contributed by atoms with Gasteiger partial charge in [0.2, 0.25) is 0 Å². The second kappa shape index (κ2) is 12.8. The smallest absolute Gasteiger partial charge is 0.119 e. The molecule has 0 aliphatic heterocycles. The second-order valence-corrected chi connectivity index (χ2v) is 10.5. The van der Waals surface area contributed by atoms with Crippen LogP contribution in [0.1, 0.15) is 140 Å². The van der Waals surface area contributed by atoms with Gasteiger partial charge in [-0.3, -0.25) is 0 Å². The Morgan fingerprint density at radius 1 is 0.733 bits per heavy atom. The molecule has 0 atom stereocenters. The zero-order chi connectivity index (χ0) is 21.2. The van der Waals surface area contributed by atoms with Crippen molar-refractivity contribution in [3.05, 3.63) is 29.3 Å². The van der Waals surface area contributed by atoms with E-state index in [4.69, 9.17) is 4.74 Å². The molecule has 1 heteroatoms. The Hall–Kier alpha value is -0.980. The van der Waals surface area contributed by atoms with Crippen LogP contribution in [-0.2, 0) is 0 Å². The van der Waals surface area contributed by atoms with Crippen LogP contribution in [0.4, 0.5) is 0 Å². The van der Waals surface area contributed by atoms with Gasteiger partial charge >= 0.3 is 0 Å². The molecular formula is C29H48O. The van der Waals surface area contributed by atoms with Crippen molar-refractivity contribution in [2.24, 2.45) is 11.8 Å². The summed E-state index contributed by atoms with van der Waals surface area (Å²) in [5, 5.41) is 0. The first-order chi connectivity index (χ1) is 14.7. The number of benzene rings is 1. The normalized spacial score (nSPS) is 27.2. The Kier molecular flexibility index (Phi) is 10.1. The average molecular weight is 413 g/mol. The summed E-state index contributed by atoms with van der Waals surface area (Å²) in [7, 11) is 0. The topological polar surface area (TPSA) is 9.23 Å². The fourth-order valence-corrected chi connectivity index (χ4v) is 5.96. The maximum atomic E-state index is 6.05. The second-order valence-electron chi connectivity index (χ2n) is 10.5. The first-order valence-electron chi connectivity index (χ1n) is 13.5. The molecular weight excluding hydrogens is 364 g/mol. The van der Waals surface area contributed by atoms with Crippen molar-refractivity contribution < 1.29 is 4.74 Å². The number of ether oxygens (including phenoxy) is 1. The van der Waals surface area contributed by atoms with Gasteiger partial charge in [0.05, 0.1) is 6.61 Å². The standard InChI is InChI=1S/C29H48O/c1-4-6-7-8-9-10-24-13-17-26(18-14-24)29-22-27(30-21-5-2)19-20-28(29)25-15-11-23(3)12-16-25/h19-20,22-26H,4-18,21H2,1-3H3. The highest BCUT2D eigenvalue weighted by Gasteiger charge is 2.28. The van der Waals surface area contributed by atoms with E-state index in [-0.39, 0.29) is 0 Å². The SMILES string of the molecule is CCCCCCCC1CCC(c2cc(OCCC)ccc2C2CCC(C)CC2)CC1. The Bertz CT molecular complexity index is 590. The number of rotatable bonds is 11. The first-order valence-corrected chi connectivity index (χ1v) is 13.5. The van der Waals surface area contributed by atoms with E-state index in [1.165, 1.54) is 89.9 Å². The lowest BCUT2D eigenvalue weighted by Crippen LogP contribution is -2.17. The van der Waals surface area contributed by atoms with Crippen LogP contribution >= 0.6 is 0 Å². The average Bonchev–Trinajstić information content (AvgIpc) is 2.78. The predicted molar refractivity (Wildman–Crippen MR) is 131 cm³/mol. The molecule has 0 unspecified atom stereocenters. The lowest BCUT2D eigenvalue weighted by Gasteiger charge is -2.33. The summed E-state index contributed by atoms with van der Waals surface area (Å²) >= 11 is 0. The van der Waals surface area contributed by atoms with Crippen molar-refractivity contribution in [1.82, 2.24) is 0 Å². The van der Waals surface area contributed by atoms with Crippen LogP contribution in [0.5, 0.6) is 5.75 Å². The highest BCUT2D eigenvalue weighted by atomic mass is 16.5. The molecule has 0 N–H and O–H groups in total. The van der Waals surface area contributed by atoms with E-state index in [0.717, 1.165) is 42.4 Å². The molecule has 3 rings (SSSR count). The fraction of sp³-hybridized carbons (Fsp3) is 0.793.